The number of aryl methyl sites for hydroxylation is 2. The molecule has 0 unspecified atom stereocenters. The van der Waals surface area contributed by atoms with Gasteiger partial charge in [-0.05, 0) is 31.1 Å². The van der Waals surface area contributed by atoms with Crippen LogP contribution in [0.5, 0.6) is 0 Å². The number of allylic oxidation sites excluding steroid dienone is 1. The van der Waals surface area contributed by atoms with Gasteiger partial charge < -0.3 is 8.83 Å². The molecule has 4 heteroatoms. The van der Waals surface area contributed by atoms with E-state index in [0.717, 1.165) is 16.7 Å². The summed E-state index contributed by atoms with van der Waals surface area (Å²) in [4.78, 5) is 25.6. The molecular formula is C24H16O4. The number of ketones is 2. The molecule has 0 saturated heterocycles. The smallest absolute Gasteiger partial charge is 0.198 e. The Hall–Kier alpha value is -3.66. The molecule has 0 bridgehead atoms. The van der Waals surface area contributed by atoms with Gasteiger partial charge in [-0.15, -0.1) is 0 Å². The van der Waals surface area contributed by atoms with Crippen LogP contribution >= 0.6 is 0 Å². The summed E-state index contributed by atoms with van der Waals surface area (Å²) in [6.45, 7) is 3.69. The fourth-order valence-electron chi connectivity index (χ4n) is 3.71. The Morgan fingerprint density at radius 2 is 1.36 bits per heavy atom. The molecule has 1 aliphatic rings. The van der Waals surface area contributed by atoms with Gasteiger partial charge in [0.1, 0.15) is 11.5 Å². The number of benzene rings is 2. The zero-order valence-corrected chi connectivity index (χ0v) is 15.4. The van der Waals surface area contributed by atoms with Crippen LogP contribution in [0.1, 0.15) is 37.6 Å². The molecule has 0 atom stereocenters. The van der Waals surface area contributed by atoms with Crippen molar-refractivity contribution in [1.82, 2.24) is 0 Å². The predicted molar refractivity (Wildman–Crippen MR) is 106 cm³/mol. The Balaban J connectivity index is 1.55. The lowest BCUT2D eigenvalue weighted by molar-refractivity contribution is 0.0990. The minimum atomic E-state index is -0.251. The number of carbonyl (C=O) groups excluding carboxylic acids is 2. The average Bonchev–Trinajstić information content (AvgIpc) is 3.32. The molecule has 4 nitrogen and oxygen atoms in total. The Labute approximate surface area is 161 Å². The molecule has 0 radical (unpaired) electrons. The summed E-state index contributed by atoms with van der Waals surface area (Å²) in [5.41, 5.74) is 4.85. The maximum absolute atomic E-state index is 12.8. The molecule has 0 N–H and O–H groups in total. The van der Waals surface area contributed by atoms with Gasteiger partial charge in [0.15, 0.2) is 22.7 Å². The van der Waals surface area contributed by atoms with Crippen LogP contribution < -0.4 is 0 Å². The van der Waals surface area contributed by atoms with Crippen molar-refractivity contribution < 1.29 is 18.4 Å². The number of fused-ring (bicyclic) bond motifs is 2. The van der Waals surface area contributed by atoms with Crippen molar-refractivity contribution in [2.75, 3.05) is 0 Å². The number of rotatable bonds is 2. The zero-order chi connectivity index (χ0) is 19.4. The molecule has 0 aliphatic heterocycles. The van der Waals surface area contributed by atoms with Gasteiger partial charge in [-0.1, -0.05) is 42.5 Å². The van der Waals surface area contributed by atoms with E-state index in [2.05, 4.69) is 0 Å². The van der Waals surface area contributed by atoms with Crippen LogP contribution in [-0.2, 0) is 0 Å². The third-order valence-electron chi connectivity index (χ3n) is 5.14. The molecule has 4 aromatic rings. The van der Waals surface area contributed by atoms with Crippen LogP contribution in [0.15, 0.2) is 69.0 Å². The number of Topliss-reactive ketones (excluding diaryl/α,β-unsaturated/α-hetero) is 2. The van der Waals surface area contributed by atoms with E-state index in [1.54, 1.807) is 6.07 Å². The Morgan fingerprint density at radius 3 is 1.96 bits per heavy atom. The maximum Gasteiger partial charge on any atom is 0.198 e. The average molecular weight is 368 g/mol. The Kier molecular flexibility index (Phi) is 3.49. The van der Waals surface area contributed by atoms with E-state index in [4.69, 9.17) is 8.83 Å². The minimum absolute atomic E-state index is 0.132. The largest absolute Gasteiger partial charge is 0.453 e. The first-order chi connectivity index (χ1) is 13.5. The summed E-state index contributed by atoms with van der Waals surface area (Å²) in [6.07, 6.45) is 1.52. The molecule has 2 aromatic carbocycles. The molecule has 0 spiro atoms. The third-order valence-corrected chi connectivity index (χ3v) is 5.14. The molecule has 5 rings (SSSR count). The SMILES string of the molecule is Cc1ccc(C)c2c1C(=O)C(=Cc1cc3oc(-c4ccccc4)cc3o1)C2=O. The van der Waals surface area contributed by atoms with Crippen molar-refractivity contribution in [2.45, 2.75) is 13.8 Å². The van der Waals surface area contributed by atoms with Gasteiger partial charge in [0.05, 0.1) is 5.57 Å². The van der Waals surface area contributed by atoms with Crippen molar-refractivity contribution in [3.05, 3.63) is 88.2 Å². The standard InChI is InChI=1S/C24H16O4/c1-13-8-9-14(2)22-21(13)23(25)17(24(22)26)10-16-11-19-20(27-16)12-18(28-19)15-6-4-3-5-7-15/h3-12H,1-2H3. The highest BCUT2D eigenvalue weighted by atomic mass is 16.4. The second kappa shape index (κ2) is 5.92. The first kappa shape index (κ1) is 16.5. The lowest BCUT2D eigenvalue weighted by Gasteiger charge is -2.03. The lowest BCUT2D eigenvalue weighted by atomic mass is 9.99. The van der Waals surface area contributed by atoms with E-state index >= 15 is 0 Å². The van der Waals surface area contributed by atoms with E-state index in [-0.39, 0.29) is 17.1 Å². The van der Waals surface area contributed by atoms with Gasteiger partial charge in [0.25, 0.3) is 0 Å². The maximum atomic E-state index is 12.8. The third kappa shape index (κ3) is 2.38. The van der Waals surface area contributed by atoms with E-state index in [1.165, 1.54) is 6.08 Å². The number of hydrogen-bond acceptors (Lipinski definition) is 4. The molecule has 136 valence electrons. The molecule has 2 heterocycles. The summed E-state index contributed by atoms with van der Waals surface area (Å²) in [6, 6.07) is 17.0. The summed E-state index contributed by atoms with van der Waals surface area (Å²) in [5, 5.41) is 0. The van der Waals surface area contributed by atoms with Gasteiger partial charge in [-0.3, -0.25) is 9.59 Å². The van der Waals surface area contributed by atoms with Crippen LogP contribution in [0.2, 0.25) is 0 Å². The zero-order valence-electron chi connectivity index (χ0n) is 15.4. The summed E-state index contributed by atoms with van der Waals surface area (Å²) < 4.78 is 11.7. The van der Waals surface area contributed by atoms with Crippen LogP contribution in [0.3, 0.4) is 0 Å². The van der Waals surface area contributed by atoms with Crippen molar-refractivity contribution in [3.8, 4) is 11.3 Å². The van der Waals surface area contributed by atoms with Gasteiger partial charge >= 0.3 is 0 Å². The molecule has 0 fully saturated rings. The molecule has 1 aliphatic carbocycles. The fraction of sp³-hybridized carbons (Fsp3) is 0.0833. The van der Waals surface area contributed by atoms with Gasteiger partial charge in [0.2, 0.25) is 0 Å². The first-order valence-corrected chi connectivity index (χ1v) is 9.03. The highest BCUT2D eigenvalue weighted by Crippen LogP contribution is 2.34. The molecular weight excluding hydrogens is 352 g/mol. The number of carbonyl (C=O) groups is 2. The summed E-state index contributed by atoms with van der Waals surface area (Å²) in [5.74, 6) is 0.631. The van der Waals surface area contributed by atoms with Crippen LogP contribution in [0, 0.1) is 13.8 Å². The van der Waals surface area contributed by atoms with E-state index < -0.39 is 0 Å². The van der Waals surface area contributed by atoms with Crippen LogP contribution in [-0.4, -0.2) is 11.6 Å². The second-order valence-corrected chi connectivity index (χ2v) is 7.02. The Morgan fingerprint density at radius 1 is 0.750 bits per heavy atom. The number of hydrogen-bond donors (Lipinski definition) is 0. The van der Waals surface area contributed by atoms with Crippen LogP contribution in [0.25, 0.3) is 28.6 Å². The molecule has 0 amide bonds. The molecule has 2 aromatic heterocycles. The topological polar surface area (TPSA) is 60.4 Å². The highest BCUT2D eigenvalue weighted by Gasteiger charge is 2.35. The fourth-order valence-corrected chi connectivity index (χ4v) is 3.71. The molecule has 28 heavy (non-hydrogen) atoms. The van der Waals surface area contributed by atoms with Crippen LogP contribution in [0.4, 0.5) is 0 Å². The lowest BCUT2D eigenvalue weighted by Crippen LogP contribution is -2.00. The van der Waals surface area contributed by atoms with Crippen molar-refractivity contribution in [3.63, 3.8) is 0 Å². The quantitative estimate of drug-likeness (QED) is 0.333. The number of furan rings is 2. The van der Waals surface area contributed by atoms with E-state index in [9.17, 15) is 9.59 Å². The monoisotopic (exact) mass is 368 g/mol. The predicted octanol–water partition coefficient (Wildman–Crippen LogP) is 5.77. The van der Waals surface area contributed by atoms with Crippen molar-refractivity contribution >= 4 is 28.8 Å². The van der Waals surface area contributed by atoms with Crippen molar-refractivity contribution in [2.24, 2.45) is 0 Å². The normalized spacial score (nSPS) is 13.4. The first-order valence-electron chi connectivity index (χ1n) is 9.03. The van der Waals surface area contributed by atoms with Gasteiger partial charge in [-0.25, -0.2) is 0 Å². The van der Waals surface area contributed by atoms with E-state index in [1.807, 2.05) is 62.4 Å². The minimum Gasteiger partial charge on any atom is -0.453 e. The molecule has 0 saturated carbocycles. The second-order valence-electron chi connectivity index (χ2n) is 7.02. The van der Waals surface area contributed by atoms with Gasteiger partial charge in [0, 0.05) is 28.8 Å². The van der Waals surface area contributed by atoms with Crippen molar-refractivity contribution in [1.29, 1.82) is 0 Å². The Bertz CT molecular complexity index is 1220. The highest BCUT2D eigenvalue weighted by molar-refractivity contribution is 6.42. The summed E-state index contributed by atoms with van der Waals surface area (Å²) in [7, 11) is 0. The van der Waals surface area contributed by atoms with E-state index in [0.29, 0.717) is 33.8 Å². The van der Waals surface area contributed by atoms with Gasteiger partial charge in [-0.2, -0.15) is 0 Å². The summed E-state index contributed by atoms with van der Waals surface area (Å²) >= 11 is 0.